The van der Waals surface area contributed by atoms with Gasteiger partial charge in [-0.15, -0.1) is 0 Å². The Kier molecular flexibility index (Phi) is 3.80. The van der Waals surface area contributed by atoms with E-state index >= 15 is 0 Å². The Morgan fingerprint density at radius 3 is 2.71 bits per heavy atom. The number of carbonyl (C=O) groups excluding carboxylic acids is 1. The van der Waals surface area contributed by atoms with Gasteiger partial charge >= 0.3 is 5.97 Å². The van der Waals surface area contributed by atoms with E-state index in [9.17, 15) is 4.79 Å². The third-order valence-electron chi connectivity index (χ3n) is 3.19. The van der Waals surface area contributed by atoms with Crippen molar-refractivity contribution in [3.8, 4) is 5.75 Å². The highest BCUT2D eigenvalue weighted by Gasteiger charge is 2.12. The molecule has 0 radical (unpaired) electrons. The van der Waals surface area contributed by atoms with Crippen LogP contribution in [0.4, 0.5) is 0 Å². The van der Waals surface area contributed by atoms with Crippen LogP contribution in [0.1, 0.15) is 11.1 Å². The molecule has 0 aliphatic carbocycles. The zero-order valence-electron chi connectivity index (χ0n) is 11.4. The number of halogens is 1. The van der Waals surface area contributed by atoms with Crippen LogP contribution in [0.25, 0.3) is 11.0 Å². The maximum absolute atomic E-state index is 12.0. The molecule has 0 bridgehead atoms. The molecule has 21 heavy (non-hydrogen) atoms. The number of ether oxygens (including phenoxy) is 1. The van der Waals surface area contributed by atoms with Crippen molar-refractivity contribution in [2.75, 3.05) is 0 Å². The van der Waals surface area contributed by atoms with Crippen LogP contribution in [0.3, 0.4) is 0 Å². The second kappa shape index (κ2) is 5.74. The maximum atomic E-state index is 12.0. The van der Waals surface area contributed by atoms with E-state index in [-0.39, 0.29) is 12.4 Å². The Morgan fingerprint density at radius 1 is 1.19 bits per heavy atom. The van der Waals surface area contributed by atoms with Crippen molar-refractivity contribution in [3.05, 3.63) is 64.3 Å². The van der Waals surface area contributed by atoms with Crippen LogP contribution in [0, 0.1) is 6.92 Å². The van der Waals surface area contributed by atoms with Gasteiger partial charge in [-0.2, -0.15) is 0 Å². The van der Waals surface area contributed by atoms with Crippen molar-refractivity contribution in [2.24, 2.45) is 0 Å². The van der Waals surface area contributed by atoms with Crippen molar-refractivity contribution in [2.45, 2.75) is 13.3 Å². The summed E-state index contributed by atoms with van der Waals surface area (Å²) < 4.78 is 11.7. The fraction of sp³-hybridized carbons (Fsp3) is 0.118. The molecule has 0 atom stereocenters. The van der Waals surface area contributed by atoms with Gasteiger partial charge < -0.3 is 9.15 Å². The smallest absolute Gasteiger partial charge is 0.315 e. The number of fused-ring (bicyclic) bond motifs is 1. The third kappa shape index (κ3) is 3.16. The molecule has 0 saturated heterocycles. The molecule has 0 amide bonds. The minimum absolute atomic E-state index is 0.187. The standard InChI is InChI=1S/C17H13BrO3/c1-11-2-7-16-15(8-11)12(10-20-16)9-17(19)21-14-5-3-13(18)4-6-14/h2-8,10H,9H2,1H3. The lowest BCUT2D eigenvalue weighted by molar-refractivity contribution is -0.133. The SMILES string of the molecule is Cc1ccc2occ(CC(=O)Oc3ccc(Br)cc3)c2c1. The van der Waals surface area contributed by atoms with Gasteiger partial charge in [-0.1, -0.05) is 27.6 Å². The van der Waals surface area contributed by atoms with E-state index < -0.39 is 0 Å². The number of hydrogen-bond donors (Lipinski definition) is 0. The van der Waals surface area contributed by atoms with Crippen LogP contribution in [-0.4, -0.2) is 5.97 Å². The molecule has 0 spiro atoms. The molecule has 0 saturated carbocycles. The molecule has 4 heteroatoms. The van der Waals surface area contributed by atoms with Crippen molar-refractivity contribution in [1.29, 1.82) is 0 Å². The van der Waals surface area contributed by atoms with Crippen LogP contribution in [0.2, 0.25) is 0 Å². The maximum Gasteiger partial charge on any atom is 0.315 e. The van der Waals surface area contributed by atoms with Gasteiger partial charge in [0.2, 0.25) is 0 Å². The van der Waals surface area contributed by atoms with Gasteiger partial charge in [-0.05, 0) is 43.3 Å². The number of aryl methyl sites for hydroxylation is 1. The number of rotatable bonds is 3. The third-order valence-corrected chi connectivity index (χ3v) is 3.72. The Hall–Kier alpha value is -2.07. The predicted octanol–water partition coefficient (Wildman–Crippen LogP) is 4.65. The zero-order valence-corrected chi connectivity index (χ0v) is 13.0. The fourth-order valence-corrected chi connectivity index (χ4v) is 2.42. The lowest BCUT2D eigenvalue weighted by Crippen LogP contribution is -2.10. The molecule has 1 heterocycles. The molecule has 3 aromatic rings. The molecule has 2 aromatic carbocycles. The quantitative estimate of drug-likeness (QED) is 0.512. The Bertz CT molecular complexity index is 787. The van der Waals surface area contributed by atoms with Crippen molar-refractivity contribution < 1.29 is 13.9 Å². The summed E-state index contributed by atoms with van der Waals surface area (Å²) in [5.41, 5.74) is 2.76. The van der Waals surface area contributed by atoms with E-state index in [1.807, 2.05) is 37.3 Å². The van der Waals surface area contributed by atoms with Crippen molar-refractivity contribution in [3.63, 3.8) is 0 Å². The molecule has 0 aliphatic heterocycles. The molecular formula is C17H13BrO3. The minimum Gasteiger partial charge on any atom is -0.464 e. The first-order chi connectivity index (χ1) is 10.1. The van der Waals surface area contributed by atoms with Crippen LogP contribution in [0.15, 0.2) is 57.6 Å². The van der Waals surface area contributed by atoms with Crippen LogP contribution < -0.4 is 4.74 Å². The predicted molar refractivity (Wildman–Crippen MR) is 84.4 cm³/mol. The first-order valence-corrected chi connectivity index (χ1v) is 7.34. The van der Waals surface area contributed by atoms with Gasteiger partial charge in [0, 0.05) is 15.4 Å². The van der Waals surface area contributed by atoms with Crippen LogP contribution in [-0.2, 0) is 11.2 Å². The van der Waals surface area contributed by atoms with Crippen LogP contribution >= 0.6 is 15.9 Å². The lowest BCUT2D eigenvalue weighted by Gasteiger charge is -2.03. The summed E-state index contributed by atoms with van der Waals surface area (Å²) >= 11 is 3.34. The Labute approximate surface area is 130 Å². The van der Waals surface area contributed by atoms with Gasteiger partial charge in [-0.3, -0.25) is 4.79 Å². The second-order valence-electron chi connectivity index (χ2n) is 4.87. The zero-order chi connectivity index (χ0) is 14.8. The van der Waals surface area contributed by atoms with Crippen molar-refractivity contribution >= 4 is 32.9 Å². The average Bonchev–Trinajstić information content (AvgIpc) is 2.84. The normalized spacial score (nSPS) is 10.8. The highest BCUT2D eigenvalue weighted by atomic mass is 79.9. The molecule has 0 fully saturated rings. The molecular weight excluding hydrogens is 332 g/mol. The molecule has 0 N–H and O–H groups in total. The van der Waals surface area contributed by atoms with E-state index in [2.05, 4.69) is 15.9 Å². The van der Waals surface area contributed by atoms with Gasteiger partial charge in [0.1, 0.15) is 11.3 Å². The number of esters is 1. The summed E-state index contributed by atoms with van der Waals surface area (Å²) in [7, 11) is 0. The Morgan fingerprint density at radius 2 is 1.95 bits per heavy atom. The monoisotopic (exact) mass is 344 g/mol. The van der Waals surface area contributed by atoms with E-state index in [0.29, 0.717) is 5.75 Å². The minimum atomic E-state index is -0.304. The number of benzene rings is 2. The second-order valence-corrected chi connectivity index (χ2v) is 5.78. The molecule has 0 aliphatic rings. The van der Waals surface area contributed by atoms with Gasteiger partial charge in [-0.25, -0.2) is 0 Å². The number of hydrogen-bond acceptors (Lipinski definition) is 3. The molecule has 106 valence electrons. The summed E-state index contributed by atoms with van der Waals surface area (Å²) in [5, 5.41) is 0.961. The molecule has 1 aromatic heterocycles. The van der Waals surface area contributed by atoms with E-state index in [1.165, 1.54) is 0 Å². The van der Waals surface area contributed by atoms with Gasteiger partial charge in [0.05, 0.1) is 12.7 Å². The summed E-state index contributed by atoms with van der Waals surface area (Å²) in [6, 6.07) is 13.1. The first kappa shape index (κ1) is 13.9. The van der Waals surface area contributed by atoms with Crippen molar-refractivity contribution in [1.82, 2.24) is 0 Å². The summed E-state index contributed by atoms with van der Waals surface area (Å²) in [5.74, 6) is 0.230. The summed E-state index contributed by atoms with van der Waals surface area (Å²) in [4.78, 5) is 12.0. The van der Waals surface area contributed by atoms with E-state index in [4.69, 9.17) is 9.15 Å². The highest BCUT2D eigenvalue weighted by Crippen LogP contribution is 2.23. The van der Waals surface area contributed by atoms with E-state index in [1.54, 1.807) is 18.4 Å². The highest BCUT2D eigenvalue weighted by molar-refractivity contribution is 9.10. The van der Waals surface area contributed by atoms with E-state index in [0.717, 1.165) is 26.6 Å². The molecule has 3 nitrogen and oxygen atoms in total. The Balaban J connectivity index is 1.77. The number of carbonyl (C=O) groups is 1. The first-order valence-electron chi connectivity index (χ1n) is 6.55. The molecule has 3 rings (SSSR count). The van der Waals surface area contributed by atoms with Gasteiger partial charge in [0.15, 0.2) is 0 Å². The van der Waals surface area contributed by atoms with Crippen LogP contribution in [0.5, 0.6) is 5.75 Å². The topological polar surface area (TPSA) is 39.4 Å². The largest absolute Gasteiger partial charge is 0.464 e. The summed E-state index contributed by atoms with van der Waals surface area (Å²) in [6.45, 7) is 2.01. The number of furan rings is 1. The van der Waals surface area contributed by atoms with Gasteiger partial charge in [0.25, 0.3) is 0 Å². The lowest BCUT2D eigenvalue weighted by atomic mass is 10.1. The summed E-state index contributed by atoms with van der Waals surface area (Å²) in [6.07, 6.45) is 1.81. The average molecular weight is 345 g/mol. The molecule has 0 unspecified atom stereocenters. The fourth-order valence-electron chi connectivity index (χ4n) is 2.16.